The van der Waals surface area contributed by atoms with Crippen LogP contribution in [0, 0.1) is 0 Å². The molecule has 2 heteroatoms. The minimum Gasteiger partial charge on any atom is -0.383 e. The first kappa shape index (κ1) is 13.2. The Balaban J connectivity index is 2.37. The highest BCUT2D eigenvalue weighted by Crippen LogP contribution is 2.13. The fraction of sp³-hybridized carbons (Fsp3) is 0.571. The summed E-state index contributed by atoms with van der Waals surface area (Å²) in [7, 11) is 1.75. The normalized spacial score (nSPS) is 14.7. The molecule has 0 amide bonds. The Bertz CT molecular complexity index is 273. The summed E-state index contributed by atoms with van der Waals surface area (Å²) < 4.78 is 5.17. The van der Waals surface area contributed by atoms with Crippen molar-refractivity contribution >= 4 is 0 Å². The van der Waals surface area contributed by atoms with Crippen molar-refractivity contribution in [3.63, 3.8) is 0 Å². The van der Waals surface area contributed by atoms with Crippen molar-refractivity contribution in [1.29, 1.82) is 0 Å². The van der Waals surface area contributed by atoms with Crippen molar-refractivity contribution in [2.45, 2.75) is 32.2 Å². The molecule has 0 aliphatic heterocycles. The van der Waals surface area contributed by atoms with E-state index in [1.54, 1.807) is 7.11 Å². The van der Waals surface area contributed by atoms with Crippen LogP contribution in [0.25, 0.3) is 0 Å². The zero-order valence-corrected chi connectivity index (χ0v) is 10.6. The Labute approximate surface area is 99.0 Å². The lowest BCUT2D eigenvalue weighted by Crippen LogP contribution is -2.35. The number of hydrogen-bond acceptors (Lipinski definition) is 2. The highest BCUT2D eigenvalue weighted by Gasteiger charge is 2.08. The molecule has 2 unspecified atom stereocenters. The van der Waals surface area contributed by atoms with Crippen LogP contribution in [0.2, 0.25) is 0 Å². The molecule has 1 aromatic rings. The summed E-state index contributed by atoms with van der Waals surface area (Å²) in [5, 5.41) is 3.54. The van der Waals surface area contributed by atoms with Gasteiger partial charge in [-0.2, -0.15) is 0 Å². The molecule has 0 saturated heterocycles. The van der Waals surface area contributed by atoms with Gasteiger partial charge in [-0.1, -0.05) is 44.2 Å². The van der Waals surface area contributed by atoms with Crippen molar-refractivity contribution < 1.29 is 4.74 Å². The third-order valence-corrected chi connectivity index (χ3v) is 2.94. The molecule has 0 fully saturated rings. The van der Waals surface area contributed by atoms with Gasteiger partial charge in [-0.15, -0.1) is 0 Å². The van der Waals surface area contributed by atoms with E-state index in [1.165, 1.54) is 5.56 Å². The third kappa shape index (κ3) is 4.33. The minimum absolute atomic E-state index is 0.469. The maximum absolute atomic E-state index is 5.17. The molecule has 0 radical (unpaired) electrons. The van der Waals surface area contributed by atoms with E-state index in [2.05, 4.69) is 49.5 Å². The summed E-state index contributed by atoms with van der Waals surface area (Å²) in [5.41, 5.74) is 1.39. The van der Waals surface area contributed by atoms with Crippen molar-refractivity contribution in [1.82, 2.24) is 5.32 Å². The number of hydrogen-bond donors (Lipinski definition) is 1. The van der Waals surface area contributed by atoms with Crippen LogP contribution in [0.5, 0.6) is 0 Å². The molecule has 0 heterocycles. The van der Waals surface area contributed by atoms with Crippen LogP contribution < -0.4 is 5.32 Å². The molecule has 2 nitrogen and oxygen atoms in total. The molecule has 0 aliphatic carbocycles. The molecular weight excluding hydrogens is 198 g/mol. The molecule has 0 saturated carbocycles. The second-order valence-corrected chi connectivity index (χ2v) is 4.28. The Morgan fingerprint density at radius 2 is 1.94 bits per heavy atom. The van der Waals surface area contributed by atoms with Crippen LogP contribution >= 0.6 is 0 Å². The largest absolute Gasteiger partial charge is 0.383 e. The van der Waals surface area contributed by atoms with Crippen LogP contribution in [-0.2, 0) is 4.74 Å². The quantitative estimate of drug-likeness (QED) is 0.764. The van der Waals surface area contributed by atoms with E-state index in [1.807, 2.05) is 0 Å². The molecule has 16 heavy (non-hydrogen) atoms. The van der Waals surface area contributed by atoms with E-state index in [9.17, 15) is 0 Å². The molecule has 1 rings (SSSR count). The molecule has 2 atom stereocenters. The summed E-state index contributed by atoms with van der Waals surface area (Å²) in [6.45, 7) is 6.23. The van der Waals surface area contributed by atoms with Crippen LogP contribution in [0.4, 0.5) is 0 Å². The standard InChI is InChI=1S/C14H23NO/c1-4-14(11-16-3)15-10-12(2)13-8-6-5-7-9-13/h5-9,12,14-15H,4,10-11H2,1-3H3. The highest BCUT2D eigenvalue weighted by molar-refractivity contribution is 5.18. The van der Waals surface area contributed by atoms with Crippen LogP contribution in [0.3, 0.4) is 0 Å². The maximum atomic E-state index is 5.17. The molecule has 90 valence electrons. The summed E-state index contributed by atoms with van der Waals surface area (Å²) in [4.78, 5) is 0. The van der Waals surface area contributed by atoms with E-state index in [0.29, 0.717) is 12.0 Å². The maximum Gasteiger partial charge on any atom is 0.0615 e. The van der Waals surface area contributed by atoms with Gasteiger partial charge in [-0.3, -0.25) is 0 Å². The van der Waals surface area contributed by atoms with Crippen LogP contribution in [0.15, 0.2) is 30.3 Å². The van der Waals surface area contributed by atoms with E-state index in [4.69, 9.17) is 4.74 Å². The van der Waals surface area contributed by atoms with Gasteiger partial charge in [-0.25, -0.2) is 0 Å². The predicted molar refractivity (Wildman–Crippen MR) is 68.8 cm³/mol. The van der Waals surface area contributed by atoms with Crippen molar-refractivity contribution in [2.75, 3.05) is 20.3 Å². The van der Waals surface area contributed by atoms with Gasteiger partial charge in [0, 0.05) is 19.7 Å². The first-order chi connectivity index (χ1) is 7.77. The van der Waals surface area contributed by atoms with Gasteiger partial charge >= 0.3 is 0 Å². The molecule has 1 aromatic carbocycles. The topological polar surface area (TPSA) is 21.3 Å². The number of benzene rings is 1. The second kappa shape index (κ2) is 7.42. The molecule has 0 spiro atoms. The number of ether oxygens (including phenoxy) is 1. The van der Waals surface area contributed by atoms with E-state index < -0.39 is 0 Å². The monoisotopic (exact) mass is 221 g/mol. The average molecular weight is 221 g/mol. The zero-order valence-electron chi connectivity index (χ0n) is 10.6. The van der Waals surface area contributed by atoms with E-state index in [0.717, 1.165) is 19.6 Å². The van der Waals surface area contributed by atoms with Crippen LogP contribution in [-0.4, -0.2) is 26.3 Å². The van der Waals surface area contributed by atoms with Crippen molar-refractivity contribution in [3.05, 3.63) is 35.9 Å². The Hall–Kier alpha value is -0.860. The number of methoxy groups -OCH3 is 1. The molecule has 1 N–H and O–H groups in total. The van der Waals surface area contributed by atoms with Gasteiger partial charge in [0.25, 0.3) is 0 Å². The van der Waals surface area contributed by atoms with Crippen LogP contribution in [0.1, 0.15) is 31.7 Å². The second-order valence-electron chi connectivity index (χ2n) is 4.28. The molecular formula is C14H23NO. The third-order valence-electron chi connectivity index (χ3n) is 2.94. The number of rotatable bonds is 7. The summed E-state index contributed by atoms with van der Waals surface area (Å²) in [6, 6.07) is 11.1. The molecule has 0 bridgehead atoms. The van der Waals surface area contributed by atoms with Gasteiger partial charge in [0.1, 0.15) is 0 Å². The Kier molecular flexibility index (Phi) is 6.12. The fourth-order valence-electron chi connectivity index (χ4n) is 1.77. The minimum atomic E-state index is 0.469. The van der Waals surface area contributed by atoms with E-state index >= 15 is 0 Å². The highest BCUT2D eigenvalue weighted by atomic mass is 16.5. The van der Waals surface area contributed by atoms with Gasteiger partial charge < -0.3 is 10.1 Å². The van der Waals surface area contributed by atoms with Gasteiger partial charge in [0.15, 0.2) is 0 Å². The zero-order chi connectivity index (χ0) is 11.8. The molecule has 0 aromatic heterocycles. The summed E-state index contributed by atoms with van der Waals surface area (Å²) >= 11 is 0. The lowest BCUT2D eigenvalue weighted by Gasteiger charge is -2.19. The average Bonchev–Trinajstić information content (AvgIpc) is 2.35. The predicted octanol–water partition coefficient (Wildman–Crippen LogP) is 2.80. The lowest BCUT2D eigenvalue weighted by molar-refractivity contribution is 0.164. The first-order valence-corrected chi connectivity index (χ1v) is 6.05. The Morgan fingerprint density at radius 1 is 1.25 bits per heavy atom. The lowest BCUT2D eigenvalue weighted by atomic mass is 10.0. The van der Waals surface area contributed by atoms with Gasteiger partial charge in [0.05, 0.1) is 6.61 Å². The first-order valence-electron chi connectivity index (χ1n) is 6.05. The van der Waals surface area contributed by atoms with Crippen molar-refractivity contribution in [2.24, 2.45) is 0 Å². The summed E-state index contributed by atoms with van der Waals surface area (Å²) in [6.07, 6.45) is 1.11. The SMILES string of the molecule is CCC(COC)NCC(C)c1ccccc1. The Morgan fingerprint density at radius 3 is 2.50 bits per heavy atom. The van der Waals surface area contributed by atoms with E-state index in [-0.39, 0.29) is 0 Å². The summed E-state index contributed by atoms with van der Waals surface area (Å²) in [5.74, 6) is 0.548. The van der Waals surface area contributed by atoms with Gasteiger partial charge in [0.2, 0.25) is 0 Å². The smallest absolute Gasteiger partial charge is 0.0615 e. The number of nitrogens with one attached hydrogen (secondary N) is 1. The van der Waals surface area contributed by atoms with Gasteiger partial charge in [-0.05, 0) is 17.9 Å². The molecule has 0 aliphatic rings. The fourth-order valence-corrected chi connectivity index (χ4v) is 1.77. The van der Waals surface area contributed by atoms with Crippen molar-refractivity contribution in [3.8, 4) is 0 Å².